The summed E-state index contributed by atoms with van der Waals surface area (Å²) < 4.78 is 26.6. The van der Waals surface area contributed by atoms with Gasteiger partial charge in [0.2, 0.25) is 10.0 Å². The molecular formula is C11H16N2O2S. The Balaban J connectivity index is 2.14. The lowest BCUT2D eigenvalue weighted by Gasteiger charge is -2.13. The summed E-state index contributed by atoms with van der Waals surface area (Å²) in [7, 11) is -3.24. The second-order valence-corrected chi connectivity index (χ2v) is 6.09. The van der Waals surface area contributed by atoms with Crippen LogP contribution >= 0.6 is 0 Å². The highest BCUT2D eigenvalue weighted by Gasteiger charge is 2.28. The summed E-state index contributed by atoms with van der Waals surface area (Å²) in [6.07, 6.45) is 0.682. The topological polar surface area (TPSA) is 58.2 Å². The SMILES string of the molecule is Cc1cccc(NS(=O)(=O)C2CCNC2)c1. The van der Waals surface area contributed by atoms with Gasteiger partial charge in [-0.1, -0.05) is 12.1 Å². The van der Waals surface area contributed by atoms with Crippen LogP contribution in [0.2, 0.25) is 0 Å². The average Bonchev–Trinajstić information content (AvgIpc) is 2.69. The molecule has 1 saturated heterocycles. The first-order valence-electron chi connectivity index (χ1n) is 5.37. The van der Waals surface area contributed by atoms with E-state index < -0.39 is 10.0 Å². The maximum atomic E-state index is 12.0. The van der Waals surface area contributed by atoms with Crippen LogP contribution in [0.15, 0.2) is 24.3 Å². The Hall–Kier alpha value is -1.07. The third-order valence-corrected chi connectivity index (χ3v) is 4.53. The number of hydrogen-bond donors (Lipinski definition) is 2. The molecule has 16 heavy (non-hydrogen) atoms. The van der Waals surface area contributed by atoms with Crippen LogP contribution in [0.1, 0.15) is 12.0 Å². The van der Waals surface area contributed by atoms with Crippen LogP contribution in [-0.2, 0) is 10.0 Å². The Kier molecular flexibility index (Phi) is 3.16. The largest absolute Gasteiger partial charge is 0.315 e. The van der Waals surface area contributed by atoms with Crippen molar-refractivity contribution in [1.82, 2.24) is 5.32 Å². The van der Waals surface area contributed by atoms with Gasteiger partial charge in [-0.25, -0.2) is 8.42 Å². The van der Waals surface area contributed by atoms with Gasteiger partial charge in [-0.2, -0.15) is 0 Å². The lowest BCUT2D eigenvalue weighted by molar-refractivity contribution is 0.588. The fourth-order valence-electron chi connectivity index (χ4n) is 1.85. The van der Waals surface area contributed by atoms with Gasteiger partial charge in [0.05, 0.1) is 5.25 Å². The van der Waals surface area contributed by atoms with Crippen molar-refractivity contribution in [3.05, 3.63) is 29.8 Å². The van der Waals surface area contributed by atoms with Gasteiger partial charge in [0.1, 0.15) is 0 Å². The predicted octanol–water partition coefficient (Wildman–Crippen LogP) is 1.10. The van der Waals surface area contributed by atoms with Crippen molar-refractivity contribution in [2.24, 2.45) is 0 Å². The monoisotopic (exact) mass is 240 g/mol. The minimum absolute atomic E-state index is 0.312. The summed E-state index contributed by atoms with van der Waals surface area (Å²) >= 11 is 0. The molecule has 1 aromatic rings. The highest BCUT2D eigenvalue weighted by molar-refractivity contribution is 7.93. The first-order chi connectivity index (χ1) is 7.58. The molecule has 1 fully saturated rings. The first kappa shape index (κ1) is 11.4. The zero-order valence-corrected chi connectivity index (χ0v) is 10.0. The highest BCUT2D eigenvalue weighted by atomic mass is 32.2. The minimum atomic E-state index is -3.24. The van der Waals surface area contributed by atoms with E-state index in [9.17, 15) is 8.42 Å². The number of benzene rings is 1. The molecule has 1 atom stereocenters. The predicted molar refractivity (Wildman–Crippen MR) is 65.0 cm³/mol. The van der Waals surface area contributed by atoms with Gasteiger partial charge in [-0.15, -0.1) is 0 Å². The van der Waals surface area contributed by atoms with Gasteiger partial charge >= 0.3 is 0 Å². The molecule has 1 aliphatic rings. The first-order valence-corrected chi connectivity index (χ1v) is 6.91. The minimum Gasteiger partial charge on any atom is -0.315 e. The quantitative estimate of drug-likeness (QED) is 0.831. The van der Waals surface area contributed by atoms with Gasteiger partial charge in [0.25, 0.3) is 0 Å². The van der Waals surface area contributed by atoms with Crippen molar-refractivity contribution in [2.75, 3.05) is 17.8 Å². The molecule has 0 bridgehead atoms. The van der Waals surface area contributed by atoms with E-state index in [-0.39, 0.29) is 5.25 Å². The molecule has 2 rings (SSSR count). The molecule has 1 aromatic carbocycles. The number of anilines is 1. The zero-order chi connectivity index (χ0) is 11.6. The number of rotatable bonds is 3. The van der Waals surface area contributed by atoms with Gasteiger partial charge < -0.3 is 5.32 Å². The Bertz CT molecular complexity index is 465. The fraction of sp³-hybridized carbons (Fsp3) is 0.455. The van der Waals surface area contributed by atoms with Crippen molar-refractivity contribution in [3.63, 3.8) is 0 Å². The molecule has 0 aliphatic carbocycles. The third kappa shape index (κ3) is 2.54. The van der Waals surface area contributed by atoms with Crippen LogP contribution in [0.25, 0.3) is 0 Å². The molecule has 0 radical (unpaired) electrons. The average molecular weight is 240 g/mol. The van der Waals surface area contributed by atoms with Gasteiger partial charge in [-0.05, 0) is 37.6 Å². The summed E-state index contributed by atoms with van der Waals surface area (Å²) in [5.41, 5.74) is 1.69. The van der Waals surface area contributed by atoms with Crippen molar-refractivity contribution in [2.45, 2.75) is 18.6 Å². The third-order valence-electron chi connectivity index (χ3n) is 2.73. The molecule has 88 valence electrons. The summed E-state index contributed by atoms with van der Waals surface area (Å²) in [6.45, 7) is 3.26. The van der Waals surface area contributed by atoms with Gasteiger partial charge in [0.15, 0.2) is 0 Å². The Morgan fingerprint density at radius 2 is 2.25 bits per heavy atom. The fourth-order valence-corrected chi connectivity index (χ4v) is 3.24. The van der Waals surface area contributed by atoms with E-state index in [1.807, 2.05) is 25.1 Å². The van der Waals surface area contributed by atoms with E-state index in [2.05, 4.69) is 10.0 Å². The molecule has 5 heteroatoms. The summed E-state index contributed by atoms with van der Waals surface area (Å²) in [5.74, 6) is 0. The molecule has 0 saturated carbocycles. The lowest BCUT2D eigenvalue weighted by Crippen LogP contribution is -2.29. The maximum absolute atomic E-state index is 12.0. The van der Waals surface area contributed by atoms with Crippen LogP contribution in [0.3, 0.4) is 0 Å². The molecule has 1 unspecified atom stereocenters. The Morgan fingerprint density at radius 3 is 2.88 bits per heavy atom. The van der Waals surface area contributed by atoms with Crippen LogP contribution in [0.4, 0.5) is 5.69 Å². The highest BCUT2D eigenvalue weighted by Crippen LogP contribution is 2.16. The summed E-state index contributed by atoms with van der Waals surface area (Å²) in [4.78, 5) is 0. The van der Waals surface area contributed by atoms with E-state index >= 15 is 0 Å². The molecule has 1 heterocycles. The van der Waals surface area contributed by atoms with Crippen LogP contribution < -0.4 is 10.0 Å². The van der Waals surface area contributed by atoms with E-state index in [0.717, 1.165) is 12.1 Å². The summed E-state index contributed by atoms with van der Waals surface area (Å²) in [5, 5.41) is 2.74. The molecule has 2 N–H and O–H groups in total. The van der Waals surface area contributed by atoms with E-state index in [0.29, 0.717) is 18.7 Å². The smallest absolute Gasteiger partial charge is 0.236 e. The molecule has 0 aromatic heterocycles. The van der Waals surface area contributed by atoms with Crippen LogP contribution in [0, 0.1) is 6.92 Å². The maximum Gasteiger partial charge on any atom is 0.236 e. The number of nitrogens with one attached hydrogen (secondary N) is 2. The molecular weight excluding hydrogens is 224 g/mol. The van der Waals surface area contributed by atoms with Crippen molar-refractivity contribution in [3.8, 4) is 0 Å². The van der Waals surface area contributed by atoms with Crippen molar-refractivity contribution in [1.29, 1.82) is 0 Å². The summed E-state index contributed by atoms with van der Waals surface area (Å²) in [6, 6.07) is 7.39. The van der Waals surface area contributed by atoms with Crippen molar-refractivity contribution >= 4 is 15.7 Å². The van der Waals surface area contributed by atoms with Crippen LogP contribution in [-0.4, -0.2) is 26.8 Å². The van der Waals surface area contributed by atoms with E-state index in [1.54, 1.807) is 6.07 Å². The van der Waals surface area contributed by atoms with Crippen molar-refractivity contribution < 1.29 is 8.42 Å². The van der Waals surface area contributed by atoms with Crippen LogP contribution in [0.5, 0.6) is 0 Å². The molecule has 0 spiro atoms. The Labute approximate surface area is 96.1 Å². The molecule has 0 amide bonds. The number of aryl methyl sites for hydroxylation is 1. The standard InChI is InChI=1S/C11H16N2O2S/c1-9-3-2-4-10(7-9)13-16(14,15)11-5-6-12-8-11/h2-4,7,11-13H,5-6,8H2,1H3. The van der Waals surface area contributed by atoms with Gasteiger partial charge in [0, 0.05) is 12.2 Å². The van der Waals surface area contributed by atoms with E-state index in [1.165, 1.54) is 0 Å². The second-order valence-electron chi connectivity index (χ2n) is 4.13. The van der Waals surface area contributed by atoms with E-state index in [4.69, 9.17) is 0 Å². The lowest BCUT2D eigenvalue weighted by atomic mass is 10.2. The second kappa shape index (κ2) is 4.43. The number of sulfonamides is 1. The molecule has 4 nitrogen and oxygen atoms in total. The Morgan fingerprint density at radius 1 is 1.44 bits per heavy atom. The zero-order valence-electron chi connectivity index (χ0n) is 9.23. The number of hydrogen-bond acceptors (Lipinski definition) is 3. The van der Waals surface area contributed by atoms with Gasteiger partial charge in [-0.3, -0.25) is 4.72 Å². The molecule has 1 aliphatic heterocycles. The normalized spacial score (nSPS) is 20.9.